The Balaban J connectivity index is 2.67. The molecule has 0 unspecified atom stereocenters. The molecule has 1 rings (SSSR count). The van der Waals surface area contributed by atoms with Crippen LogP contribution in [0.2, 0.25) is 0 Å². The highest BCUT2D eigenvalue weighted by Gasteiger charge is 2.21. The first kappa shape index (κ1) is 12.9. The second kappa shape index (κ2) is 5.25. The van der Waals surface area contributed by atoms with Crippen LogP contribution in [0.15, 0.2) is 6.07 Å². The zero-order chi connectivity index (χ0) is 12.2. The Hall–Kier alpha value is -1.16. The van der Waals surface area contributed by atoms with Gasteiger partial charge in [-0.2, -0.15) is 0 Å². The van der Waals surface area contributed by atoms with Crippen LogP contribution in [-0.2, 0) is 0 Å². The largest absolute Gasteiger partial charge is 0.388 e. The van der Waals surface area contributed by atoms with Crippen molar-refractivity contribution in [2.75, 3.05) is 11.9 Å². The number of hydrogen-bond acceptors (Lipinski definition) is 4. The average molecular weight is 223 g/mol. The molecule has 0 aliphatic carbocycles. The van der Waals surface area contributed by atoms with E-state index in [-0.39, 0.29) is 0 Å². The van der Waals surface area contributed by atoms with Gasteiger partial charge in [-0.15, -0.1) is 0 Å². The second-order valence-corrected chi connectivity index (χ2v) is 4.26. The fourth-order valence-electron chi connectivity index (χ4n) is 1.55. The molecule has 2 N–H and O–H groups in total. The lowest BCUT2D eigenvalue weighted by molar-refractivity contribution is 0.0455. The van der Waals surface area contributed by atoms with Crippen LogP contribution < -0.4 is 5.32 Å². The summed E-state index contributed by atoms with van der Waals surface area (Å²) in [5.74, 6) is 0.595. The van der Waals surface area contributed by atoms with Gasteiger partial charge in [-0.1, -0.05) is 13.8 Å². The summed E-state index contributed by atoms with van der Waals surface area (Å²) < 4.78 is 0. The molecular formula is C12H21N3O. The van der Waals surface area contributed by atoms with Gasteiger partial charge in [0.15, 0.2) is 0 Å². The molecule has 0 saturated carbocycles. The summed E-state index contributed by atoms with van der Waals surface area (Å²) in [5.41, 5.74) is 1.21. The van der Waals surface area contributed by atoms with Gasteiger partial charge in [0.05, 0.1) is 5.60 Å². The lowest BCUT2D eigenvalue weighted by Gasteiger charge is -2.25. The van der Waals surface area contributed by atoms with Gasteiger partial charge in [0.25, 0.3) is 0 Å². The molecule has 1 aromatic heterocycles. The third-order valence-electron chi connectivity index (χ3n) is 2.87. The van der Waals surface area contributed by atoms with Gasteiger partial charge in [0, 0.05) is 17.9 Å². The molecule has 0 aromatic carbocycles. The molecule has 0 amide bonds. The molecule has 0 aliphatic heterocycles. The molecule has 90 valence electrons. The quantitative estimate of drug-likeness (QED) is 0.802. The molecule has 1 aromatic rings. The summed E-state index contributed by atoms with van der Waals surface area (Å²) >= 11 is 0. The maximum absolute atomic E-state index is 10.1. The standard InChI is InChI=1S/C12H21N3O/c1-5-12(16,6-2)8-13-11-14-9(3)7-10(4)15-11/h7,16H,5-6,8H2,1-4H3,(H,13,14,15). The zero-order valence-corrected chi connectivity index (χ0v) is 10.5. The molecule has 4 nitrogen and oxygen atoms in total. The molecule has 0 fully saturated rings. The summed E-state index contributed by atoms with van der Waals surface area (Å²) in [6.45, 7) is 8.32. The van der Waals surface area contributed by atoms with E-state index in [0.717, 1.165) is 24.2 Å². The Labute approximate surface area is 97.1 Å². The predicted octanol–water partition coefficient (Wildman–Crippen LogP) is 2.06. The van der Waals surface area contributed by atoms with Crippen molar-refractivity contribution in [3.63, 3.8) is 0 Å². The first-order chi connectivity index (χ1) is 7.49. The van der Waals surface area contributed by atoms with Gasteiger partial charge in [0.1, 0.15) is 0 Å². The minimum absolute atomic E-state index is 0.489. The number of nitrogens with one attached hydrogen (secondary N) is 1. The van der Waals surface area contributed by atoms with Gasteiger partial charge in [0.2, 0.25) is 5.95 Å². The Bertz CT molecular complexity index is 328. The van der Waals surface area contributed by atoms with E-state index in [4.69, 9.17) is 0 Å². The van der Waals surface area contributed by atoms with Crippen LogP contribution in [0.5, 0.6) is 0 Å². The molecule has 0 aliphatic rings. The SMILES string of the molecule is CCC(O)(CC)CNc1nc(C)cc(C)n1. The molecule has 0 atom stereocenters. The summed E-state index contributed by atoms with van der Waals surface area (Å²) in [6, 6.07) is 1.93. The van der Waals surface area contributed by atoms with E-state index in [1.54, 1.807) is 0 Å². The van der Waals surface area contributed by atoms with Crippen molar-refractivity contribution in [3.05, 3.63) is 17.5 Å². The van der Waals surface area contributed by atoms with Crippen molar-refractivity contribution in [1.82, 2.24) is 9.97 Å². The fraction of sp³-hybridized carbons (Fsp3) is 0.667. The van der Waals surface area contributed by atoms with Gasteiger partial charge in [-0.25, -0.2) is 9.97 Å². The van der Waals surface area contributed by atoms with Gasteiger partial charge in [-0.05, 0) is 32.8 Å². The number of hydrogen-bond donors (Lipinski definition) is 2. The van der Waals surface area contributed by atoms with E-state index in [1.165, 1.54) is 0 Å². The van der Waals surface area contributed by atoms with Crippen LogP contribution >= 0.6 is 0 Å². The summed E-state index contributed by atoms with van der Waals surface area (Å²) in [5, 5.41) is 13.2. The number of rotatable bonds is 5. The van der Waals surface area contributed by atoms with Crippen LogP contribution in [0.4, 0.5) is 5.95 Å². The third-order valence-corrected chi connectivity index (χ3v) is 2.87. The predicted molar refractivity (Wildman–Crippen MR) is 65.5 cm³/mol. The van der Waals surface area contributed by atoms with Crippen LogP contribution in [0, 0.1) is 13.8 Å². The number of aromatic nitrogens is 2. The maximum Gasteiger partial charge on any atom is 0.223 e. The van der Waals surface area contributed by atoms with Gasteiger partial charge in [-0.3, -0.25) is 0 Å². The average Bonchev–Trinajstić information content (AvgIpc) is 2.25. The maximum atomic E-state index is 10.1. The summed E-state index contributed by atoms with van der Waals surface area (Å²) in [6.07, 6.45) is 1.45. The van der Waals surface area contributed by atoms with Crippen molar-refractivity contribution in [1.29, 1.82) is 0 Å². The molecule has 0 radical (unpaired) electrons. The van der Waals surface area contributed by atoms with E-state index in [2.05, 4.69) is 15.3 Å². The monoisotopic (exact) mass is 223 g/mol. The van der Waals surface area contributed by atoms with Crippen molar-refractivity contribution in [2.45, 2.75) is 46.1 Å². The van der Waals surface area contributed by atoms with Crippen LogP contribution in [0.3, 0.4) is 0 Å². The molecule has 0 bridgehead atoms. The summed E-state index contributed by atoms with van der Waals surface area (Å²) in [7, 11) is 0. The minimum atomic E-state index is -0.666. The number of aryl methyl sites for hydroxylation is 2. The Kier molecular flexibility index (Phi) is 4.24. The first-order valence-electron chi connectivity index (χ1n) is 5.77. The molecule has 0 saturated heterocycles. The van der Waals surface area contributed by atoms with E-state index in [9.17, 15) is 5.11 Å². The molecule has 4 heteroatoms. The van der Waals surface area contributed by atoms with E-state index >= 15 is 0 Å². The van der Waals surface area contributed by atoms with E-state index < -0.39 is 5.60 Å². The number of nitrogens with zero attached hydrogens (tertiary/aromatic N) is 2. The lowest BCUT2D eigenvalue weighted by Crippen LogP contribution is -2.35. The van der Waals surface area contributed by atoms with Crippen molar-refractivity contribution >= 4 is 5.95 Å². The van der Waals surface area contributed by atoms with Crippen LogP contribution in [0.25, 0.3) is 0 Å². The third kappa shape index (κ3) is 3.45. The van der Waals surface area contributed by atoms with Gasteiger partial charge < -0.3 is 10.4 Å². The Morgan fingerprint density at radius 3 is 2.12 bits per heavy atom. The molecule has 1 heterocycles. The van der Waals surface area contributed by atoms with E-state index in [1.807, 2.05) is 33.8 Å². The minimum Gasteiger partial charge on any atom is -0.388 e. The smallest absolute Gasteiger partial charge is 0.223 e. The van der Waals surface area contributed by atoms with Crippen LogP contribution in [-0.4, -0.2) is 27.2 Å². The summed E-state index contributed by atoms with van der Waals surface area (Å²) in [4.78, 5) is 8.54. The second-order valence-electron chi connectivity index (χ2n) is 4.26. The van der Waals surface area contributed by atoms with Gasteiger partial charge >= 0.3 is 0 Å². The molecule has 16 heavy (non-hydrogen) atoms. The number of aliphatic hydroxyl groups is 1. The highest BCUT2D eigenvalue weighted by molar-refractivity contribution is 5.28. The molecule has 0 spiro atoms. The number of anilines is 1. The zero-order valence-electron chi connectivity index (χ0n) is 10.5. The topological polar surface area (TPSA) is 58.0 Å². The first-order valence-corrected chi connectivity index (χ1v) is 5.77. The highest BCUT2D eigenvalue weighted by Crippen LogP contribution is 2.15. The Morgan fingerprint density at radius 2 is 1.69 bits per heavy atom. The normalized spacial score (nSPS) is 11.6. The Morgan fingerprint density at radius 1 is 1.19 bits per heavy atom. The van der Waals surface area contributed by atoms with Crippen molar-refractivity contribution in [2.24, 2.45) is 0 Å². The lowest BCUT2D eigenvalue weighted by atomic mass is 9.98. The van der Waals surface area contributed by atoms with E-state index in [0.29, 0.717) is 12.5 Å². The molecular weight excluding hydrogens is 202 g/mol. The van der Waals surface area contributed by atoms with Crippen molar-refractivity contribution < 1.29 is 5.11 Å². The fourth-order valence-corrected chi connectivity index (χ4v) is 1.55. The van der Waals surface area contributed by atoms with Crippen LogP contribution in [0.1, 0.15) is 38.1 Å². The highest BCUT2D eigenvalue weighted by atomic mass is 16.3. The van der Waals surface area contributed by atoms with Crippen molar-refractivity contribution in [3.8, 4) is 0 Å².